The summed E-state index contributed by atoms with van der Waals surface area (Å²) in [5, 5.41) is 0. The van der Waals surface area contributed by atoms with Gasteiger partial charge in [0.2, 0.25) is 0 Å². The van der Waals surface area contributed by atoms with Crippen molar-refractivity contribution in [1.82, 2.24) is 9.80 Å². The zero-order chi connectivity index (χ0) is 18.5. The molecule has 0 bridgehead atoms. The van der Waals surface area contributed by atoms with Crippen LogP contribution in [0.1, 0.15) is 15.9 Å². The molecule has 0 atom stereocenters. The number of carbonyl (C=O) groups excluding carboxylic acids is 2. The van der Waals surface area contributed by atoms with Crippen molar-refractivity contribution < 1.29 is 18.7 Å². The lowest BCUT2D eigenvalue weighted by Gasteiger charge is -2.34. The number of rotatable bonds is 4. The van der Waals surface area contributed by atoms with Crippen LogP contribution in [0.3, 0.4) is 0 Å². The van der Waals surface area contributed by atoms with Gasteiger partial charge in [-0.15, -0.1) is 0 Å². The molecule has 0 aromatic heterocycles. The van der Waals surface area contributed by atoms with Crippen LogP contribution >= 0.6 is 0 Å². The minimum Gasteiger partial charge on any atom is -0.484 e. The van der Waals surface area contributed by atoms with Gasteiger partial charge in [-0.2, -0.15) is 0 Å². The van der Waals surface area contributed by atoms with E-state index in [9.17, 15) is 14.0 Å². The van der Waals surface area contributed by atoms with Gasteiger partial charge in [-0.3, -0.25) is 9.59 Å². The molecule has 0 N–H and O–H groups in total. The standard InChI is InChI=1S/C20H21FN2O3/c1-15-3-2-4-18(13-15)26-14-19(24)22-9-11-23(12-10-22)20(25)16-5-7-17(21)8-6-16/h2-8,13H,9-12,14H2,1H3. The highest BCUT2D eigenvalue weighted by Crippen LogP contribution is 2.13. The van der Waals surface area contributed by atoms with E-state index in [0.29, 0.717) is 37.5 Å². The molecule has 1 fully saturated rings. The maximum absolute atomic E-state index is 13.0. The number of benzene rings is 2. The first kappa shape index (κ1) is 17.9. The van der Waals surface area contributed by atoms with Crippen molar-refractivity contribution in [1.29, 1.82) is 0 Å². The molecule has 0 unspecified atom stereocenters. The first-order valence-corrected chi connectivity index (χ1v) is 8.55. The Labute approximate surface area is 152 Å². The smallest absolute Gasteiger partial charge is 0.260 e. The molecule has 3 rings (SSSR count). The van der Waals surface area contributed by atoms with Gasteiger partial charge >= 0.3 is 0 Å². The van der Waals surface area contributed by atoms with Gasteiger partial charge in [0.05, 0.1) is 0 Å². The fourth-order valence-electron chi connectivity index (χ4n) is 2.88. The van der Waals surface area contributed by atoms with E-state index in [0.717, 1.165) is 5.56 Å². The molecule has 136 valence electrons. The van der Waals surface area contributed by atoms with E-state index in [1.807, 2.05) is 31.2 Å². The second kappa shape index (κ2) is 7.99. The molecule has 5 nitrogen and oxygen atoms in total. The second-order valence-electron chi connectivity index (χ2n) is 6.29. The van der Waals surface area contributed by atoms with Crippen LogP contribution in [0.4, 0.5) is 4.39 Å². The zero-order valence-electron chi connectivity index (χ0n) is 14.7. The fourth-order valence-corrected chi connectivity index (χ4v) is 2.88. The number of aryl methyl sites for hydroxylation is 1. The first-order valence-electron chi connectivity index (χ1n) is 8.55. The molecular weight excluding hydrogens is 335 g/mol. The zero-order valence-corrected chi connectivity index (χ0v) is 14.7. The number of hydrogen-bond donors (Lipinski definition) is 0. The van der Waals surface area contributed by atoms with Crippen LogP contribution < -0.4 is 4.74 Å². The molecule has 2 aromatic carbocycles. The number of nitrogens with zero attached hydrogens (tertiary/aromatic N) is 2. The number of piperazine rings is 1. The topological polar surface area (TPSA) is 49.9 Å². The normalized spacial score (nSPS) is 14.2. The van der Waals surface area contributed by atoms with Gasteiger partial charge in [0, 0.05) is 31.7 Å². The maximum atomic E-state index is 13.0. The second-order valence-corrected chi connectivity index (χ2v) is 6.29. The van der Waals surface area contributed by atoms with Crippen molar-refractivity contribution >= 4 is 11.8 Å². The molecule has 0 radical (unpaired) electrons. The van der Waals surface area contributed by atoms with Gasteiger partial charge in [-0.05, 0) is 48.9 Å². The average Bonchev–Trinajstić information content (AvgIpc) is 2.66. The molecule has 0 aliphatic carbocycles. The molecule has 1 heterocycles. The average molecular weight is 356 g/mol. The third-order valence-corrected chi connectivity index (χ3v) is 4.36. The molecule has 2 amide bonds. The van der Waals surface area contributed by atoms with E-state index in [4.69, 9.17) is 4.74 Å². The van der Waals surface area contributed by atoms with Gasteiger partial charge in [0.1, 0.15) is 11.6 Å². The Bertz CT molecular complexity index is 784. The quantitative estimate of drug-likeness (QED) is 0.846. The van der Waals surface area contributed by atoms with Crippen LogP contribution in [0.5, 0.6) is 5.75 Å². The molecular formula is C20H21FN2O3. The fraction of sp³-hybridized carbons (Fsp3) is 0.300. The van der Waals surface area contributed by atoms with Gasteiger partial charge in [-0.1, -0.05) is 12.1 Å². The summed E-state index contributed by atoms with van der Waals surface area (Å²) in [4.78, 5) is 28.1. The number of halogens is 1. The summed E-state index contributed by atoms with van der Waals surface area (Å²) in [7, 11) is 0. The number of carbonyl (C=O) groups is 2. The highest BCUT2D eigenvalue weighted by Gasteiger charge is 2.25. The third-order valence-electron chi connectivity index (χ3n) is 4.36. The molecule has 1 aliphatic heterocycles. The maximum Gasteiger partial charge on any atom is 0.260 e. The van der Waals surface area contributed by atoms with Crippen molar-refractivity contribution in [2.75, 3.05) is 32.8 Å². The SMILES string of the molecule is Cc1cccc(OCC(=O)N2CCN(C(=O)c3ccc(F)cc3)CC2)c1. The molecule has 1 saturated heterocycles. The molecule has 2 aromatic rings. The predicted octanol–water partition coefficient (Wildman–Crippen LogP) is 2.50. The van der Waals surface area contributed by atoms with E-state index in [1.165, 1.54) is 24.3 Å². The summed E-state index contributed by atoms with van der Waals surface area (Å²) in [5.74, 6) is 0.0579. The van der Waals surface area contributed by atoms with Gasteiger partial charge in [0.25, 0.3) is 11.8 Å². The minimum atomic E-state index is -0.370. The molecule has 26 heavy (non-hydrogen) atoms. The Morgan fingerprint density at radius 3 is 2.31 bits per heavy atom. The Morgan fingerprint density at radius 2 is 1.65 bits per heavy atom. The lowest BCUT2D eigenvalue weighted by molar-refractivity contribution is -0.134. The number of hydrogen-bond acceptors (Lipinski definition) is 3. The van der Waals surface area contributed by atoms with Crippen LogP contribution in [0.2, 0.25) is 0 Å². The Balaban J connectivity index is 1.49. The minimum absolute atomic E-state index is 0.0185. The largest absolute Gasteiger partial charge is 0.484 e. The Hall–Kier alpha value is -2.89. The van der Waals surface area contributed by atoms with Gasteiger partial charge < -0.3 is 14.5 Å². The van der Waals surface area contributed by atoms with Gasteiger partial charge in [0.15, 0.2) is 6.61 Å². The van der Waals surface area contributed by atoms with Crippen LogP contribution in [0, 0.1) is 12.7 Å². The van der Waals surface area contributed by atoms with E-state index >= 15 is 0 Å². The van der Waals surface area contributed by atoms with E-state index < -0.39 is 0 Å². The van der Waals surface area contributed by atoms with Crippen LogP contribution in [-0.4, -0.2) is 54.4 Å². The van der Waals surface area contributed by atoms with Crippen LogP contribution in [0.15, 0.2) is 48.5 Å². The number of amides is 2. The Morgan fingerprint density at radius 1 is 1.00 bits per heavy atom. The summed E-state index contributed by atoms with van der Waals surface area (Å²) in [5.41, 5.74) is 1.52. The Kier molecular flexibility index (Phi) is 5.51. The lowest BCUT2D eigenvalue weighted by Crippen LogP contribution is -2.51. The highest BCUT2D eigenvalue weighted by atomic mass is 19.1. The summed E-state index contributed by atoms with van der Waals surface area (Å²) in [6.45, 7) is 3.77. The lowest BCUT2D eigenvalue weighted by atomic mass is 10.2. The third kappa shape index (κ3) is 4.39. The predicted molar refractivity (Wildman–Crippen MR) is 95.6 cm³/mol. The summed E-state index contributed by atoms with van der Waals surface area (Å²) in [6, 6.07) is 13.0. The van der Waals surface area contributed by atoms with E-state index in [1.54, 1.807) is 9.80 Å². The van der Waals surface area contributed by atoms with E-state index in [2.05, 4.69) is 0 Å². The van der Waals surface area contributed by atoms with Crippen molar-refractivity contribution in [2.45, 2.75) is 6.92 Å². The summed E-state index contributed by atoms with van der Waals surface area (Å²) >= 11 is 0. The monoisotopic (exact) mass is 356 g/mol. The molecule has 1 aliphatic rings. The molecule has 0 saturated carbocycles. The van der Waals surface area contributed by atoms with Crippen molar-refractivity contribution in [2.24, 2.45) is 0 Å². The summed E-state index contributed by atoms with van der Waals surface area (Å²) in [6.07, 6.45) is 0. The van der Waals surface area contributed by atoms with Crippen LogP contribution in [0.25, 0.3) is 0 Å². The van der Waals surface area contributed by atoms with Crippen molar-refractivity contribution in [3.8, 4) is 5.75 Å². The van der Waals surface area contributed by atoms with Crippen molar-refractivity contribution in [3.63, 3.8) is 0 Å². The van der Waals surface area contributed by atoms with E-state index in [-0.39, 0.29) is 24.2 Å². The number of ether oxygens (including phenoxy) is 1. The highest BCUT2D eigenvalue weighted by molar-refractivity contribution is 5.94. The molecule has 6 heteroatoms. The first-order chi connectivity index (χ1) is 12.5. The molecule has 0 spiro atoms. The van der Waals surface area contributed by atoms with Crippen molar-refractivity contribution in [3.05, 3.63) is 65.5 Å². The summed E-state index contributed by atoms with van der Waals surface area (Å²) < 4.78 is 18.5. The van der Waals surface area contributed by atoms with Gasteiger partial charge in [-0.25, -0.2) is 4.39 Å². The van der Waals surface area contributed by atoms with Crippen LogP contribution in [-0.2, 0) is 4.79 Å².